The van der Waals surface area contributed by atoms with Crippen LogP contribution in [0.1, 0.15) is 67.9 Å². The Morgan fingerprint density at radius 2 is 2.00 bits per heavy atom. The molecule has 0 radical (unpaired) electrons. The molecule has 1 aromatic carbocycles. The normalized spacial score (nSPS) is 32.8. The van der Waals surface area contributed by atoms with Crippen molar-refractivity contribution >= 4 is 17.3 Å². The van der Waals surface area contributed by atoms with Gasteiger partial charge in [-0.05, 0) is 55.2 Å². The van der Waals surface area contributed by atoms with Gasteiger partial charge in [-0.2, -0.15) is 0 Å². The van der Waals surface area contributed by atoms with Gasteiger partial charge in [0.2, 0.25) is 0 Å². The fourth-order valence-corrected chi connectivity index (χ4v) is 4.74. The summed E-state index contributed by atoms with van der Waals surface area (Å²) >= 11 is 0. The minimum absolute atomic E-state index is 0.0694. The van der Waals surface area contributed by atoms with Crippen LogP contribution in [0.15, 0.2) is 24.8 Å². The second-order valence-electron chi connectivity index (χ2n) is 7.71. The van der Waals surface area contributed by atoms with Gasteiger partial charge < -0.3 is 5.11 Å². The quantitative estimate of drug-likeness (QED) is 0.877. The molecule has 2 aliphatic rings. The fourth-order valence-electron chi connectivity index (χ4n) is 4.74. The Hall–Kier alpha value is -1.90. The molecule has 1 fully saturated rings. The molecule has 3 rings (SSSR count). The Morgan fingerprint density at radius 1 is 1.30 bits per heavy atom. The van der Waals surface area contributed by atoms with Crippen molar-refractivity contribution in [3.63, 3.8) is 0 Å². The number of ketones is 1. The standard InChI is InChI=1S/C20H24O3/c1-12(2)13-6-7-15-14(10-13)16(21)11-17-19(15,3)8-5-9-20(17,4)18(22)23/h6-7,10,17H,1,5,8-9,11H2,2-4H3,(H,22,23)/t17-,19-,20-/m1/s1. The second-order valence-corrected chi connectivity index (χ2v) is 7.71. The molecule has 3 atom stereocenters. The first-order valence-corrected chi connectivity index (χ1v) is 8.27. The number of fused-ring (bicyclic) bond motifs is 3. The highest BCUT2D eigenvalue weighted by Crippen LogP contribution is 2.57. The molecule has 0 aliphatic heterocycles. The Morgan fingerprint density at radius 3 is 2.61 bits per heavy atom. The van der Waals surface area contributed by atoms with Crippen LogP contribution in [0.25, 0.3) is 5.57 Å². The summed E-state index contributed by atoms with van der Waals surface area (Å²) in [5, 5.41) is 9.78. The molecule has 0 amide bonds. The molecule has 0 heterocycles. The van der Waals surface area contributed by atoms with Gasteiger partial charge in [-0.15, -0.1) is 0 Å². The zero-order valence-corrected chi connectivity index (χ0v) is 14.1. The van der Waals surface area contributed by atoms with Crippen molar-refractivity contribution in [1.29, 1.82) is 0 Å². The molecule has 0 saturated heterocycles. The first-order valence-electron chi connectivity index (χ1n) is 8.27. The van der Waals surface area contributed by atoms with E-state index in [1.165, 1.54) is 0 Å². The SMILES string of the molecule is C=C(C)c1ccc2c(c1)C(=O)C[C@H]1[C@](C)(C(=O)O)CCC[C@]21C. The molecule has 3 nitrogen and oxygen atoms in total. The average Bonchev–Trinajstić information content (AvgIpc) is 2.49. The van der Waals surface area contributed by atoms with Crippen LogP contribution in [0.5, 0.6) is 0 Å². The van der Waals surface area contributed by atoms with Gasteiger partial charge in [0.15, 0.2) is 5.78 Å². The lowest BCUT2D eigenvalue weighted by Gasteiger charge is -2.53. The minimum Gasteiger partial charge on any atom is -0.481 e. The minimum atomic E-state index is -0.826. The van der Waals surface area contributed by atoms with Crippen LogP contribution >= 0.6 is 0 Å². The summed E-state index contributed by atoms with van der Waals surface area (Å²) in [6.45, 7) is 9.85. The van der Waals surface area contributed by atoms with E-state index in [-0.39, 0.29) is 17.1 Å². The number of carboxylic acids is 1. The number of Topliss-reactive ketones (excluding diaryl/α,β-unsaturated/α-hetero) is 1. The van der Waals surface area contributed by atoms with Crippen molar-refractivity contribution in [2.45, 2.75) is 51.9 Å². The Bertz CT molecular complexity index is 718. The summed E-state index contributed by atoms with van der Waals surface area (Å²) in [6, 6.07) is 5.97. The van der Waals surface area contributed by atoms with E-state index in [2.05, 4.69) is 13.5 Å². The van der Waals surface area contributed by atoms with Gasteiger partial charge in [-0.1, -0.05) is 37.6 Å². The second kappa shape index (κ2) is 5.05. The lowest BCUT2D eigenvalue weighted by atomic mass is 9.49. The summed E-state index contributed by atoms with van der Waals surface area (Å²) in [7, 11) is 0. The number of carbonyl (C=O) groups excluding carboxylic acids is 1. The zero-order chi connectivity index (χ0) is 17.0. The van der Waals surface area contributed by atoms with Gasteiger partial charge in [-0.3, -0.25) is 9.59 Å². The largest absolute Gasteiger partial charge is 0.481 e. The van der Waals surface area contributed by atoms with Gasteiger partial charge in [-0.25, -0.2) is 0 Å². The van der Waals surface area contributed by atoms with Gasteiger partial charge in [0.1, 0.15) is 0 Å². The van der Waals surface area contributed by atoms with Crippen molar-refractivity contribution in [3.05, 3.63) is 41.5 Å². The molecular weight excluding hydrogens is 288 g/mol. The number of hydrogen-bond acceptors (Lipinski definition) is 2. The van der Waals surface area contributed by atoms with Gasteiger partial charge in [0.25, 0.3) is 0 Å². The number of hydrogen-bond donors (Lipinski definition) is 1. The molecule has 3 heteroatoms. The van der Waals surface area contributed by atoms with Crippen LogP contribution in [-0.2, 0) is 10.2 Å². The third-order valence-corrected chi connectivity index (χ3v) is 6.24. The fraction of sp³-hybridized carbons (Fsp3) is 0.500. The summed E-state index contributed by atoms with van der Waals surface area (Å²) in [6.07, 6.45) is 2.79. The van der Waals surface area contributed by atoms with Crippen LogP contribution in [0.4, 0.5) is 0 Å². The number of carboxylic acid groups (broad SMARTS) is 1. The maximum Gasteiger partial charge on any atom is 0.309 e. The number of carbonyl (C=O) groups is 2. The molecule has 122 valence electrons. The highest BCUT2D eigenvalue weighted by atomic mass is 16.4. The molecule has 0 bridgehead atoms. The summed E-state index contributed by atoms with van der Waals surface area (Å²) < 4.78 is 0. The third-order valence-electron chi connectivity index (χ3n) is 6.24. The molecule has 1 aromatic rings. The van der Waals surface area contributed by atoms with Crippen LogP contribution in [0, 0.1) is 11.3 Å². The number of rotatable bonds is 2. The summed E-state index contributed by atoms with van der Waals surface area (Å²) in [4.78, 5) is 24.7. The first-order chi connectivity index (χ1) is 10.7. The zero-order valence-electron chi connectivity index (χ0n) is 14.1. The number of benzene rings is 1. The molecule has 0 aromatic heterocycles. The maximum absolute atomic E-state index is 12.7. The Balaban J connectivity index is 2.18. The average molecular weight is 312 g/mol. The molecule has 1 N–H and O–H groups in total. The van der Waals surface area contributed by atoms with Crippen molar-refractivity contribution in [2.75, 3.05) is 0 Å². The van der Waals surface area contributed by atoms with Crippen LogP contribution in [0.3, 0.4) is 0 Å². The molecule has 2 aliphatic carbocycles. The molecular formula is C20H24O3. The summed E-state index contributed by atoms with van der Waals surface area (Å²) in [5.74, 6) is -0.847. The van der Waals surface area contributed by atoms with E-state index in [9.17, 15) is 14.7 Å². The van der Waals surface area contributed by atoms with E-state index < -0.39 is 11.4 Å². The van der Waals surface area contributed by atoms with E-state index in [1.807, 2.05) is 32.0 Å². The van der Waals surface area contributed by atoms with E-state index >= 15 is 0 Å². The van der Waals surface area contributed by atoms with Crippen molar-refractivity contribution in [1.82, 2.24) is 0 Å². The van der Waals surface area contributed by atoms with Gasteiger partial charge >= 0.3 is 5.97 Å². The highest BCUT2D eigenvalue weighted by molar-refractivity contribution is 6.00. The third kappa shape index (κ3) is 2.17. The lowest BCUT2D eigenvalue weighted by molar-refractivity contribution is -0.156. The first kappa shape index (κ1) is 16.0. The maximum atomic E-state index is 12.7. The van der Waals surface area contributed by atoms with E-state index in [0.717, 1.165) is 35.1 Å². The van der Waals surface area contributed by atoms with Crippen molar-refractivity contribution in [2.24, 2.45) is 11.3 Å². The van der Waals surface area contributed by atoms with Gasteiger partial charge in [0.05, 0.1) is 5.41 Å². The Kier molecular flexibility index (Phi) is 3.51. The van der Waals surface area contributed by atoms with E-state index in [0.29, 0.717) is 12.8 Å². The predicted molar refractivity (Wildman–Crippen MR) is 90.5 cm³/mol. The number of allylic oxidation sites excluding steroid dienone is 1. The van der Waals surface area contributed by atoms with E-state index in [1.54, 1.807) is 0 Å². The van der Waals surface area contributed by atoms with Crippen LogP contribution < -0.4 is 0 Å². The smallest absolute Gasteiger partial charge is 0.309 e. The van der Waals surface area contributed by atoms with Crippen LogP contribution in [-0.4, -0.2) is 16.9 Å². The lowest BCUT2D eigenvalue weighted by Crippen LogP contribution is -2.53. The topological polar surface area (TPSA) is 54.4 Å². The highest BCUT2D eigenvalue weighted by Gasteiger charge is 2.56. The van der Waals surface area contributed by atoms with E-state index in [4.69, 9.17) is 0 Å². The molecule has 0 unspecified atom stereocenters. The van der Waals surface area contributed by atoms with Gasteiger partial charge in [0, 0.05) is 12.0 Å². The predicted octanol–water partition coefficient (Wildman–Crippen LogP) is 4.45. The monoisotopic (exact) mass is 312 g/mol. The molecule has 23 heavy (non-hydrogen) atoms. The van der Waals surface area contributed by atoms with Crippen molar-refractivity contribution < 1.29 is 14.7 Å². The molecule has 0 spiro atoms. The number of aliphatic carboxylic acids is 1. The van der Waals surface area contributed by atoms with Crippen molar-refractivity contribution in [3.8, 4) is 0 Å². The molecule has 1 saturated carbocycles. The van der Waals surface area contributed by atoms with Crippen LogP contribution in [0.2, 0.25) is 0 Å². The summed E-state index contributed by atoms with van der Waals surface area (Å²) in [5.41, 5.74) is 2.63. The Labute approximate surface area is 137 Å².